The largest absolute Gasteiger partial charge is 0.573 e. The van der Waals surface area contributed by atoms with Gasteiger partial charge in [0, 0.05) is 12.1 Å². The molecule has 0 unspecified atom stereocenters. The van der Waals surface area contributed by atoms with E-state index in [9.17, 15) is 21.6 Å². The van der Waals surface area contributed by atoms with Gasteiger partial charge in [-0.1, -0.05) is 23.7 Å². The minimum atomic E-state index is -4.89. The van der Waals surface area contributed by atoms with Crippen LogP contribution in [0.25, 0.3) is 0 Å². The number of ether oxygens (including phenoxy) is 1. The van der Waals surface area contributed by atoms with Crippen molar-refractivity contribution >= 4 is 27.3 Å². The van der Waals surface area contributed by atoms with Gasteiger partial charge in [0.1, 0.15) is 0 Å². The Kier molecular flexibility index (Phi) is 6.51. The van der Waals surface area contributed by atoms with Crippen LogP contribution >= 0.6 is 11.6 Å². The SMILES string of the molecule is CNc1cc(S(=O)(=O)NC2(c3ccc(Cl)cc3)CCNCC2)ccc1OC(F)(F)F. The van der Waals surface area contributed by atoms with E-state index in [0.29, 0.717) is 31.0 Å². The van der Waals surface area contributed by atoms with Gasteiger partial charge < -0.3 is 15.4 Å². The second-order valence-electron chi connectivity index (χ2n) is 6.90. The lowest BCUT2D eigenvalue weighted by Gasteiger charge is -2.38. The number of piperidine rings is 1. The monoisotopic (exact) mass is 463 g/mol. The first-order valence-corrected chi connectivity index (χ1v) is 11.0. The zero-order valence-corrected chi connectivity index (χ0v) is 17.6. The van der Waals surface area contributed by atoms with Crippen LogP contribution in [0.3, 0.4) is 0 Å². The maximum absolute atomic E-state index is 13.2. The molecule has 3 N–H and O–H groups in total. The second-order valence-corrected chi connectivity index (χ2v) is 9.02. The van der Waals surface area contributed by atoms with E-state index in [4.69, 9.17) is 11.6 Å². The molecule has 0 bridgehead atoms. The van der Waals surface area contributed by atoms with E-state index in [1.807, 2.05) is 0 Å². The van der Waals surface area contributed by atoms with Gasteiger partial charge in [-0.15, -0.1) is 13.2 Å². The van der Waals surface area contributed by atoms with E-state index in [-0.39, 0.29) is 10.6 Å². The number of anilines is 1. The molecule has 3 rings (SSSR count). The zero-order chi connectivity index (χ0) is 22.0. The first-order chi connectivity index (χ1) is 14.0. The van der Waals surface area contributed by atoms with Crippen LogP contribution in [-0.4, -0.2) is 34.9 Å². The van der Waals surface area contributed by atoms with E-state index in [1.165, 1.54) is 7.05 Å². The minimum absolute atomic E-state index is 0.0962. The number of benzene rings is 2. The lowest BCUT2D eigenvalue weighted by molar-refractivity contribution is -0.274. The Morgan fingerprint density at radius 3 is 2.30 bits per heavy atom. The van der Waals surface area contributed by atoms with Gasteiger partial charge in [0.15, 0.2) is 5.75 Å². The Labute approximate surface area is 177 Å². The van der Waals surface area contributed by atoms with E-state index >= 15 is 0 Å². The molecule has 0 radical (unpaired) electrons. The van der Waals surface area contributed by atoms with Gasteiger partial charge in [0.05, 0.1) is 16.1 Å². The summed E-state index contributed by atoms with van der Waals surface area (Å²) in [5.74, 6) is -0.516. The van der Waals surface area contributed by atoms with Crippen molar-refractivity contribution in [1.82, 2.24) is 10.0 Å². The van der Waals surface area contributed by atoms with Gasteiger partial charge in [0.2, 0.25) is 10.0 Å². The molecule has 0 spiro atoms. The standard InChI is InChI=1S/C19H21ClF3N3O3S/c1-24-16-12-15(6-7-17(16)29-19(21,22)23)30(27,28)26-18(8-10-25-11-9-18)13-2-4-14(20)5-3-13/h2-7,12,24-26H,8-11H2,1H3. The highest BCUT2D eigenvalue weighted by atomic mass is 35.5. The average molecular weight is 464 g/mol. The molecule has 1 saturated heterocycles. The third-order valence-corrected chi connectivity index (χ3v) is 6.73. The fourth-order valence-corrected chi connectivity index (χ4v) is 5.07. The molecule has 11 heteroatoms. The lowest BCUT2D eigenvalue weighted by Crippen LogP contribution is -2.52. The summed E-state index contributed by atoms with van der Waals surface area (Å²) in [6.45, 7) is 1.20. The summed E-state index contributed by atoms with van der Waals surface area (Å²) >= 11 is 5.97. The summed E-state index contributed by atoms with van der Waals surface area (Å²) in [4.78, 5) is -0.173. The molecule has 30 heavy (non-hydrogen) atoms. The van der Waals surface area contributed by atoms with Gasteiger partial charge in [0.25, 0.3) is 0 Å². The molecular formula is C19H21ClF3N3O3S. The molecule has 0 aliphatic carbocycles. The molecule has 164 valence electrons. The molecular weight excluding hydrogens is 443 g/mol. The van der Waals surface area contributed by atoms with Crippen LogP contribution in [0, 0.1) is 0 Å². The highest BCUT2D eigenvalue weighted by molar-refractivity contribution is 7.89. The zero-order valence-electron chi connectivity index (χ0n) is 16.0. The van der Waals surface area contributed by atoms with Crippen molar-refractivity contribution in [3.05, 3.63) is 53.1 Å². The number of rotatable bonds is 6. The molecule has 1 fully saturated rings. The number of hydrogen-bond donors (Lipinski definition) is 3. The van der Waals surface area contributed by atoms with Crippen LogP contribution in [0.2, 0.25) is 5.02 Å². The smallest absolute Gasteiger partial charge is 0.404 e. The second kappa shape index (κ2) is 8.62. The van der Waals surface area contributed by atoms with Gasteiger partial charge in [-0.2, -0.15) is 0 Å². The van der Waals surface area contributed by atoms with Crippen LogP contribution in [0.15, 0.2) is 47.4 Å². The Hall–Kier alpha value is -2.01. The summed E-state index contributed by atoms with van der Waals surface area (Å²) in [5, 5.41) is 6.27. The summed E-state index contributed by atoms with van der Waals surface area (Å²) in [6, 6.07) is 10.1. The Morgan fingerprint density at radius 2 is 1.73 bits per heavy atom. The molecule has 0 saturated carbocycles. The molecule has 0 aromatic heterocycles. The highest BCUT2D eigenvalue weighted by Crippen LogP contribution is 2.35. The fraction of sp³-hybridized carbons (Fsp3) is 0.368. The first-order valence-electron chi connectivity index (χ1n) is 9.13. The van der Waals surface area contributed by atoms with Crippen LogP contribution in [0.4, 0.5) is 18.9 Å². The van der Waals surface area contributed by atoms with Gasteiger partial charge >= 0.3 is 6.36 Å². The van der Waals surface area contributed by atoms with E-state index in [2.05, 4.69) is 20.1 Å². The van der Waals surface area contributed by atoms with E-state index < -0.39 is 27.7 Å². The normalized spacial score (nSPS) is 16.8. The van der Waals surface area contributed by atoms with Crippen molar-refractivity contribution < 1.29 is 26.3 Å². The Balaban J connectivity index is 1.96. The topological polar surface area (TPSA) is 79.5 Å². The molecule has 2 aromatic rings. The predicted octanol–water partition coefficient (Wildman–Crippen LogP) is 3.84. The van der Waals surface area contributed by atoms with Crippen molar-refractivity contribution in [1.29, 1.82) is 0 Å². The minimum Gasteiger partial charge on any atom is -0.404 e. The molecule has 1 heterocycles. The first kappa shape index (κ1) is 22.7. The van der Waals surface area contributed by atoms with Crippen LogP contribution < -0.4 is 20.1 Å². The summed E-state index contributed by atoms with van der Waals surface area (Å²) in [7, 11) is -2.68. The van der Waals surface area contributed by atoms with Crippen molar-refractivity contribution in [3.63, 3.8) is 0 Å². The van der Waals surface area contributed by atoms with Gasteiger partial charge in [-0.05, 0) is 61.8 Å². The molecule has 1 aliphatic rings. The molecule has 0 atom stereocenters. The van der Waals surface area contributed by atoms with Crippen LogP contribution in [0.5, 0.6) is 5.75 Å². The van der Waals surface area contributed by atoms with Crippen molar-refractivity contribution in [3.8, 4) is 5.75 Å². The van der Waals surface area contributed by atoms with E-state index in [1.54, 1.807) is 24.3 Å². The maximum Gasteiger partial charge on any atom is 0.573 e. The van der Waals surface area contributed by atoms with Crippen LogP contribution in [-0.2, 0) is 15.6 Å². The van der Waals surface area contributed by atoms with Gasteiger partial charge in [-0.25, -0.2) is 13.1 Å². The van der Waals surface area contributed by atoms with Crippen molar-refractivity contribution in [2.45, 2.75) is 29.6 Å². The number of halogens is 4. The van der Waals surface area contributed by atoms with Gasteiger partial charge in [-0.3, -0.25) is 0 Å². The van der Waals surface area contributed by atoms with Crippen molar-refractivity contribution in [2.24, 2.45) is 0 Å². The third kappa shape index (κ3) is 5.18. The summed E-state index contributed by atoms with van der Waals surface area (Å²) in [6.07, 6.45) is -3.89. The fourth-order valence-electron chi connectivity index (χ4n) is 3.47. The predicted molar refractivity (Wildman–Crippen MR) is 108 cm³/mol. The van der Waals surface area contributed by atoms with Crippen molar-refractivity contribution in [2.75, 3.05) is 25.5 Å². The maximum atomic E-state index is 13.2. The molecule has 0 amide bonds. The number of nitrogens with one attached hydrogen (secondary N) is 3. The molecule has 2 aromatic carbocycles. The number of hydrogen-bond acceptors (Lipinski definition) is 5. The lowest BCUT2D eigenvalue weighted by atomic mass is 9.82. The quantitative estimate of drug-likeness (QED) is 0.606. The Bertz CT molecular complexity index is 992. The summed E-state index contributed by atoms with van der Waals surface area (Å²) in [5.41, 5.74) is -0.195. The third-order valence-electron chi connectivity index (χ3n) is 4.94. The Morgan fingerprint density at radius 1 is 1.10 bits per heavy atom. The number of alkyl halides is 3. The highest BCUT2D eigenvalue weighted by Gasteiger charge is 2.38. The summed E-state index contributed by atoms with van der Waals surface area (Å²) < 4.78 is 70.8. The average Bonchev–Trinajstić information content (AvgIpc) is 2.67. The van der Waals surface area contributed by atoms with Crippen LogP contribution in [0.1, 0.15) is 18.4 Å². The molecule has 1 aliphatic heterocycles. The molecule has 6 nitrogen and oxygen atoms in total. The van der Waals surface area contributed by atoms with E-state index in [0.717, 1.165) is 23.8 Å². The number of sulfonamides is 1.